The van der Waals surface area contributed by atoms with Crippen LogP contribution in [-0.4, -0.2) is 34.9 Å². The van der Waals surface area contributed by atoms with Crippen molar-refractivity contribution in [2.75, 3.05) is 23.7 Å². The van der Waals surface area contributed by atoms with Crippen molar-refractivity contribution in [2.45, 2.75) is 26.7 Å². The number of aromatic nitrogens is 1. The van der Waals surface area contributed by atoms with Crippen molar-refractivity contribution in [3.8, 4) is 0 Å². The predicted molar refractivity (Wildman–Crippen MR) is 100 cm³/mol. The van der Waals surface area contributed by atoms with Gasteiger partial charge in [-0.15, -0.1) is 11.3 Å². The van der Waals surface area contributed by atoms with Crippen molar-refractivity contribution < 1.29 is 9.59 Å². The van der Waals surface area contributed by atoms with Gasteiger partial charge in [0.15, 0.2) is 5.13 Å². The Labute approximate surface area is 151 Å². The van der Waals surface area contributed by atoms with Gasteiger partial charge >= 0.3 is 6.03 Å². The molecule has 1 saturated heterocycles. The van der Waals surface area contributed by atoms with Crippen LogP contribution < -0.4 is 10.6 Å². The molecule has 132 valence electrons. The van der Waals surface area contributed by atoms with Crippen molar-refractivity contribution in [3.63, 3.8) is 0 Å². The summed E-state index contributed by atoms with van der Waals surface area (Å²) in [5.74, 6) is 0.462. The van der Waals surface area contributed by atoms with E-state index in [1.807, 2.05) is 36.1 Å². The summed E-state index contributed by atoms with van der Waals surface area (Å²) in [5, 5.41) is 7.54. The van der Waals surface area contributed by atoms with Crippen LogP contribution in [0.2, 0.25) is 0 Å². The number of urea groups is 1. The molecule has 1 aromatic carbocycles. The summed E-state index contributed by atoms with van der Waals surface area (Å²) in [5.41, 5.74) is 2.23. The monoisotopic (exact) mass is 358 g/mol. The molecule has 0 bridgehead atoms. The fourth-order valence-electron chi connectivity index (χ4n) is 2.86. The van der Waals surface area contributed by atoms with Gasteiger partial charge in [0.1, 0.15) is 5.69 Å². The Hall–Kier alpha value is -2.41. The first kappa shape index (κ1) is 17.4. The fraction of sp³-hybridized carbons (Fsp3) is 0.389. The second-order valence-corrected chi connectivity index (χ2v) is 7.34. The fourth-order valence-corrected chi connectivity index (χ4v) is 3.54. The van der Waals surface area contributed by atoms with E-state index in [-0.39, 0.29) is 11.9 Å². The molecule has 2 aromatic rings. The molecule has 1 unspecified atom stereocenters. The van der Waals surface area contributed by atoms with Crippen molar-refractivity contribution in [1.29, 1.82) is 0 Å². The van der Waals surface area contributed by atoms with Gasteiger partial charge in [-0.05, 0) is 37.8 Å². The van der Waals surface area contributed by atoms with Crippen LogP contribution >= 0.6 is 11.3 Å². The second-order valence-electron chi connectivity index (χ2n) is 6.48. The van der Waals surface area contributed by atoms with Crippen molar-refractivity contribution in [1.82, 2.24) is 9.88 Å². The van der Waals surface area contributed by atoms with Gasteiger partial charge in [0, 0.05) is 24.2 Å². The van der Waals surface area contributed by atoms with E-state index in [2.05, 4.69) is 22.5 Å². The van der Waals surface area contributed by atoms with E-state index in [1.54, 1.807) is 5.38 Å². The van der Waals surface area contributed by atoms with Crippen LogP contribution in [0.15, 0.2) is 29.6 Å². The molecule has 1 aliphatic rings. The van der Waals surface area contributed by atoms with Crippen LogP contribution in [0.25, 0.3) is 0 Å². The summed E-state index contributed by atoms with van der Waals surface area (Å²) in [6, 6.07) is 7.15. The van der Waals surface area contributed by atoms with Crippen molar-refractivity contribution in [2.24, 2.45) is 5.92 Å². The van der Waals surface area contributed by atoms with Crippen LogP contribution in [0.5, 0.6) is 0 Å². The first-order valence-corrected chi connectivity index (χ1v) is 9.28. The summed E-state index contributed by atoms with van der Waals surface area (Å²) in [6.45, 7) is 5.69. The number of carbonyl (C=O) groups is 2. The Kier molecular flexibility index (Phi) is 5.33. The Bertz CT molecular complexity index is 757. The molecule has 2 N–H and O–H groups in total. The molecule has 0 aliphatic carbocycles. The number of aryl methyl sites for hydroxylation is 1. The molecule has 1 aromatic heterocycles. The van der Waals surface area contributed by atoms with Crippen LogP contribution in [0.4, 0.5) is 15.6 Å². The second kappa shape index (κ2) is 7.65. The van der Waals surface area contributed by atoms with Gasteiger partial charge in [-0.1, -0.05) is 24.6 Å². The van der Waals surface area contributed by atoms with E-state index in [0.29, 0.717) is 22.4 Å². The van der Waals surface area contributed by atoms with Gasteiger partial charge in [-0.2, -0.15) is 0 Å². The summed E-state index contributed by atoms with van der Waals surface area (Å²) >= 11 is 1.25. The number of anilines is 2. The average Bonchev–Trinajstić information content (AvgIpc) is 3.04. The number of thiazole rings is 1. The maximum absolute atomic E-state index is 12.5. The van der Waals surface area contributed by atoms with Gasteiger partial charge in [-0.25, -0.2) is 9.78 Å². The molecule has 1 atom stereocenters. The molecule has 1 fully saturated rings. The summed E-state index contributed by atoms with van der Waals surface area (Å²) in [7, 11) is 0. The minimum Gasteiger partial charge on any atom is -0.337 e. The molecule has 0 saturated carbocycles. The maximum Gasteiger partial charge on any atom is 0.325 e. The highest BCUT2D eigenvalue weighted by molar-refractivity contribution is 7.14. The number of hydrogen-bond donors (Lipinski definition) is 2. The first-order valence-electron chi connectivity index (χ1n) is 8.41. The van der Waals surface area contributed by atoms with Crippen LogP contribution in [0.3, 0.4) is 0 Å². The van der Waals surface area contributed by atoms with E-state index >= 15 is 0 Å². The highest BCUT2D eigenvalue weighted by Crippen LogP contribution is 2.21. The van der Waals surface area contributed by atoms with E-state index in [1.165, 1.54) is 11.3 Å². The summed E-state index contributed by atoms with van der Waals surface area (Å²) in [4.78, 5) is 30.7. The Morgan fingerprint density at radius 2 is 2.00 bits per heavy atom. The molecule has 1 aliphatic heterocycles. The highest BCUT2D eigenvalue weighted by atomic mass is 32.1. The van der Waals surface area contributed by atoms with Gasteiger partial charge in [0.05, 0.1) is 0 Å². The smallest absolute Gasteiger partial charge is 0.325 e. The summed E-state index contributed by atoms with van der Waals surface area (Å²) in [6.07, 6.45) is 2.19. The lowest BCUT2D eigenvalue weighted by Gasteiger charge is -2.30. The van der Waals surface area contributed by atoms with Crippen LogP contribution in [0, 0.1) is 12.8 Å². The normalized spacial score (nSPS) is 17.2. The quantitative estimate of drug-likeness (QED) is 0.872. The third kappa shape index (κ3) is 4.57. The largest absolute Gasteiger partial charge is 0.337 e. The Balaban J connectivity index is 1.58. The van der Waals surface area contributed by atoms with Gasteiger partial charge in [-0.3, -0.25) is 10.1 Å². The molecular weight excluding hydrogens is 336 g/mol. The average molecular weight is 358 g/mol. The minimum absolute atomic E-state index is 0.0604. The zero-order chi connectivity index (χ0) is 17.8. The number of nitrogens with zero attached hydrogens (tertiary/aromatic N) is 2. The Morgan fingerprint density at radius 1 is 1.24 bits per heavy atom. The van der Waals surface area contributed by atoms with Gasteiger partial charge in [0.2, 0.25) is 0 Å². The van der Waals surface area contributed by atoms with Crippen LogP contribution in [0.1, 0.15) is 35.8 Å². The zero-order valence-electron chi connectivity index (χ0n) is 14.4. The first-order chi connectivity index (χ1) is 12.0. The third-order valence-electron chi connectivity index (χ3n) is 4.20. The third-order valence-corrected chi connectivity index (χ3v) is 4.96. The lowest BCUT2D eigenvalue weighted by atomic mass is 10.0. The van der Waals surface area contributed by atoms with Gasteiger partial charge < -0.3 is 10.2 Å². The number of rotatable bonds is 3. The topological polar surface area (TPSA) is 74.3 Å². The van der Waals surface area contributed by atoms with Crippen molar-refractivity contribution >= 4 is 34.1 Å². The molecule has 0 spiro atoms. The standard InChI is InChI=1S/C18H22N4O2S/c1-12-5-7-14(8-6-12)19-17(24)21-18-20-15(11-25-18)16(23)22-9-3-4-13(2)10-22/h5-8,11,13H,3-4,9-10H2,1-2H3,(H2,19,20,21,24). The molecular formula is C18H22N4O2S. The highest BCUT2D eigenvalue weighted by Gasteiger charge is 2.24. The number of piperidine rings is 1. The summed E-state index contributed by atoms with van der Waals surface area (Å²) < 4.78 is 0. The van der Waals surface area contributed by atoms with Gasteiger partial charge in [0.25, 0.3) is 5.91 Å². The molecule has 3 amide bonds. The van der Waals surface area contributed by atoms with E-state index in [9.17, 15) is 9.59 Å². The minimum atomic E-state index is -0.371. The zero-order valence-corrected chi connectivity index (χ0v) is 15.2. The lowest BCUT2D eigenvalue weighted by Crippen LogP contribution is -2.39. The number of likely N-dealkylation sites (tertiary alicyclic amines) is 1. The number of amides is 3. The molecule has 7 heteroatoms. The maximum atomic E-state index is 12.5. The van der Waals surface area contributed by atoms with E-state index < -0.39 is 0 Å². The molecule has 25 heavy (non-hydrogen) atoms. The number of benzene rings is 1. The van der Waals surface area contributed by atoms with E-state index in [4.69, 9.17) is 0 Å². The van der Waals surface area contributed by atoms with E-state index in [0.717, 1.165) is 31.5 Å². The molecule has 6 nitrogen and oxygen atoms in total. The number of carbonyl (C=O) groups excluding carboxylic acids is 2. The lowest BCUT2D eigenvalue weighted by molar-refractivity contribution is 0.0678. The number of hydrogen-bond acceptors (Lipinski definition) is 4. The molecule has 2 heterocycles. The SMILES string of the molecule is Cc1ccc(NC(=O)Nc2nc(C(=O)N3CCCC(C)C3)cs2)cc1. The molecule has 0 radical (unpaired) electrons. The van der Waals surface area contributed by atoms with Crippen LogP contribution in [-0.2, 0) is 0 Å². The predicted octanol–water partition coefficient (Wildman–Crippen LogP) is 3.97. The number of nitrogens with one attached hydrogen (secondary N) is 2. The van der Waals surface area contributed by atoms with Crippen molar-refractivity contribution in [3.05, 3.63) is 40.9 Å². The Morgan fingerprint density at radius 3 is 2.72 bits per heavy atom. The molecule has 3 rings (SSSR count).